The summed E-state index contributed by atoms with van der Waals surface area (Å²) in [6.07, 6.45) is 3.62. The van der Waals surface area contributed by atoms with Crippen LogP contribution in [0.15, 0.2) is 36.7 Å². The van der Waals surface area contributed by atoms with Gasteiger partial charge in [-0.25, -0.2) is 4.98 Å². The number of ether oxygens (including phenoxy) is 2. The molecule has 0 atom stereocenters. The van der Waals surface area contributed by atoms with Gasteiger partial charge < -0.3 is 19.6 Å². The van der Waals surface area contributed by atoms with Gasteiger partial charge >= 0.3 is 0 Å². The number of nitrogens with two attached hydrogens (primary N) is 1. The predicted molar refractivity (Wildman–Crippen MR) is 83.2 cm³/mol. The first kappa shape index (κ1) is 13.6. The Balaban J connectivity index is 2.16. The van der Waals surface area contributed by atoms with Crippen LogP contribution in [0.3, 0.4) is 0 Å². The second-order valence-corrected chi connectivity index (χ2v) is 4.94. The smallest absolute Gasteiger partial charge is 0.139 e. The SMILES string of the molecule is COc1ccc(-c2cn3cc(N)c(Cl)cc3n2)c(OC)c1. The number of rotatable bonds is 3. The van der Waals surface area contributed by atoms with Gasteiger partial charge in [0, 0.05) is 30.1 Å². The topological polar surface area (TPSA) is 61.8 Å². The monoisotopic (exact) mass is 303 g/mol. The van der Waals surface area contributed by atoms with Crippen molar-refractivity contribution in [1.29, 1.82) is 0 Å². The van der Waals surface area contributed by atoms with Gasteiger partial charge in [-0.2, -0.15) is 0 Å². The van der Waals surface area contributed by atoms with Crippen LogP contribution in [0.2, 0.25) is 5.02 Å². The molecule has 2 N–H and O–H groups in total. The quantitative estimate of drug-likeness (QED) is 0.807. The fraction of sp³-hybridized carbons (Fsp3) is 0.133. The van der Waals surface area contributed by atoms with Crippen molar-refractivity contribution in [2.45, 2.75) is 0 Å². The number of aromatic nitrogens is 2. The lowest BCUT2D eigenvalue weighted by Crippen LogP contribution is -1.90. The number of hydrogen-bond acceptors (Lipinski definition) is 4. The van der Waals surface area contributed by atoms with Crippen molar-refractivity contribution in [2.75, 3.05) is 20.0 Å². The van der Waals surface area contributed by atoms with Crippen LogP contribution in [0, 0.1) is 0 Å². The van der Waals surface area contributed by atoms with E-state index in [4.69, 9.17) is 26.8 Å². The molecule has 3 aromatic rings. The molecule has 2 heterocycles. The number of pyridine rings is 1. The molecule has 0 bridgehead atoms. The van der Waals surface area contributed by atoms with Crippen molar-refractivity contribution in [2.24, 2.45) is 0 Å². The molecule has 0 radical (unpaired) electrons. The van der Waals surface area contributed by atoms with Gasteiger partial charge in [-0.1, -0.05) is 11.6 Å². The largest absolute Gasteiger partial charge is 0.497 e. The Morgan fingerprint density at radius 3 is 2.67 bits per heavy atom. The van der Waals surface area contributed by atoms with Crippen LogP contribution in [-0.4, -0.2) is 23.6 Å². The van der Waals surface area contributed by atoms with Gasteiger partial charge in [0.2, 0.25) is 0 Å². The predicted octanol–water partition coefficient (Wildman–Crippen LogP) is 3.25. The standard InChI is InChI=1S/C15H14ClN3O2/c1-20-9-3-4-10(14(5-9)21-2)13-8-19-7-12(17)11(16)6-15(19)18-13/h3-8H,17H2,1-2H3. The lowest BCUT2D eigenvalue weighted by atomic mass is 10.1. The van der Waals surface area contributed by atoms with Crippen LogP contribution >= 0.6 is 11.6 Å². The van der Waals surface area contributed by atoms with Crippen LogP contribution < -0.4 is 15.2 Å². The lowest BCUT2D eigenvalue weighted by Gasteiger charge is -2.08. The lowest BCUT2D eigenvalue weighted by molar-refractivity contribution is 0.395. The Morgan fingerprint density at radius 1 is 1.14 bits per heavy atom. The average Bonchev–Trinajstić information content (AvgIpc) is 2.89. The van der Waals surface area contributed by atoms with Crippen LogP contribution in [0.4, 0.5) is 5.69 Å². The molecule has 0 amide bonds. The van der Waals surface area contributed by atoms with Crippen molar-refractivity contribution < 1.29 is 9.47 Å². The number of hydrogen-bond donors (Lipinski definition) is 1. The molecule has 108 valence electrons. The highest BCUT2D eigenvalue weighted by molar-refractivity contribution is 6.33. The Hall–Kier alpha value is -2.40. The number of halogens is 1. The zero-order chi connectivity index (χ0) is 15.0. The first-order valence-corrected chi connectivity index (χ1v) is 6.66. The van der Waals surface area contributed by atoms with E-state index in [1.54, 1.807) is 26.5 Å². The maximum absolute atomic E-state index is 6.02. The van der Waals surface area contributed by atoms with Crippen molar-refractivity contribution >= 4 is 22.9 Å². The second-order valence-electron chi connectivity index (χ2n) is 4.53. The third-order valence-corrected chi connectivity index (χ3v) is 3.58. The molecule has 0 fully saturated rings. The second kappa shape index (κ2) is 5.18. The highest BCUT2D eigenvalue weighted by Gasteiger charge is 2.12. The molecule has 0 unspecified atom stereocenters. The molecular formula is C15H14ClN3O2. The van der Waals surface area contributed by atoms with Crippen molar-refractivity contribution in [3.63, 3.8) is 0 Å². The normalized spacial score (nSPS) is 10.8. The van der Waals surface area contributed by atoms with Gasteiger partial charge in [0.15, 0.2) is 0 Å². The molecule has 0 aliphatic carbocycles. The molecule has 3 rings (SSSR count). The van der Waals surface area contributed by atoms with E-state index >= 15 is 0 Å². The van der Waals surface area contributed by atoms with E-state index in [0.29, 0.717) is 16.5 Å². The van der Waals surface area contributed by atoms with E-state index in [9.17, 15) is 0 Å². The molecule has 0 spiro atoms. The minimum absolute atomic E-state index is 0.487. The van der Waals surface area contributed by atoms with Crippen molar-refractivity contribution in [1.82, 2.24) is 9.38 Å². The Labute approximate surface area is 126 Å². The minimum Gasteiger partial charge on any atom is -0.497 e. The molecule has 0 aliphatic rings. The summed E-state index contributed by atoms with van der Waals surface area (Å²) in [6, 6.07) is 7.32. The Kier molecular flexibility index (Phi) is 3.35. The van der Waals surface area contributed by atoms with Gasteiger partial charge in [-0.3, -0.25) is 0 Å². The average molecular weight is 304 g/mol. The fourth-order valence-corrected chi connectivity index (χ4v) is 2.31. The van der Waals surface area contributed by atoms with Crippen LogP contribution in [0.5, 0.6) is 11.5 Å². The van der Waals surface area contributed by atoms with Crippen LogP contribution in [0.1, 0.15) is 0 Å². The maximum atomic E-state index is 6.02. The molecule has 2 aromatic heterocycles. The number of nitrogens with zero attached hydrogens (tertiary/aromatic N) is 2. The van der Waals surface area contributed by atoms with E-state index in [2.05, 4.69) is 4.98 Å². The van der Waals surface area contributed by atoms with Gasteiger partial charge in [-0.15, -0.1) is 0 Å². The van der Waals surface area contributed by atoms with Gasteiger partial charge in [0.05, 0.1) is 30.6 Å². The Bertz CT molecular complexity index is 775. The third kappa shape index (κ3) is 2.36. The minimum atomic E-state index is 0.487. The molecule has 1 aromatic carbocycles. The van der Waals surface area contributed by atoms with E-state index in [1.807, 2.05) is 28.8 Å². The molecule has 0 saturated carbocycles. The number of imidazole rings is 1. The molecule has 0 aliphatic heterocycles. The summed E-state index contributed by atoms with van der Waals surface area (Å²) in [6.45, 7) is 0. The van der Waals surface area contributed by atoms with Crippen molar-refractivity contribution in [3.05, 3.63) is 41.7 Å². The summed E-state index contributed by atoms with van der Waals surface area (Å²) in [5, 5.41) is 0.487. The molecule has 21 heavy (non-hydrogen) atoms. The zero-order valence-electron chi connectivity index (χ0n) is 11.6. The number of methoxy groups -OCH3 is 2. The van der Waals surface area contributed by atoms with E-state index in [1.165, 1.54) is 0 Å². The third-order valence-electron chi connectivity index (χ3n) is 3.26. The Morgan fingerprint density at radius 2 is 1.95 bits per heavy atom. The van der Waals surface area contributed by atoms with E-state index in [0.717, 1.165) is 22.7 Å². The first-order valence-electron chi connectivity index (χ1n) is 6.28. The number of anilines is 1. The molecular weight excluding hydrogens is 290 g/mol. The highest BCUT2D eigenvalue weighted by atomic mass is 35.5. The first-order chi connectivity index (χ1) is 10.1. The fourth-order valence-electron chi connectivity index (χ4n) is 2.17. The van der Waals surface area contributed by atoms with Gasteiger partial charge in [0.1, 0.15) is 17.1 Å². The molecule has 0 saturated heterocycles. The summed E-state index contributed by atoms with van der Waals surface area (Å²) in [5.74, 6) is 1.42. The van der Waals surface area contributed by atoms with Crippen molar-refractivity contribution in [3.8, 4) is 22.8 Å². The maximum Gasteiger partial charge on any atom is 0.139 e. The van der Waals surface area contributed by atoms with E-state index in [-0.39, 0.29) is 0 Å². The number of nitrogen functional groups attached to an aromatic ring is 1. The summed E-state index contributed by atoms with van der Waals surface area (Å²) >= 11 is 6.02. The van der Waals surface area contributed by atoms with Gasteiger partial charge in [-0.05, 0) is 12.1 Å². The van der Waals surface area contributed by atoms with Gasteiger partial charge in [0.25, 0.3) is 0 Å². The van der Waals surface area contributed by atoms with Crippen LogP contribution in [-0.2, 0) is 0 Å². The highest BCUT2D eigenvalue weighted by Crippen LogP contribution is 2.33. The van der Waals surface area contributed by atoms with E-state index < -0.39 is 0 Å². The molecule has 5 nitrogen and oxygen atoms in total. The summed E-state index contributed by atoms with van der Waals surface area (Å²) in [4.78, 5) is 4.55. The number of fused-ring (bicyclic) bond motifs is 1. The summed E-state index contributed by atoms with van der Waals surface area (Å²) < 4.78 is 12.4. The molecule has 6 heteroatoms. The zero-order valence-corrected chi connectivity index (χ0v) is 12.4. The summed E-state index contributed by atoms with van der Waals surface area (Å²) in [5.41, 5.74) is 8.69. The van der Waals surface area contributed by atoms with Crippen LogP contribution in [0.25, 0.3) is 16.9 Å². The summed E-state index contributed by atoms with van der Waals surface area (Å²) in [7, 11) is 3.23. The number of benzene rings is 1.